The minimum atomic E-state index is -0.174. The summed E-state index contributed by atoms with van der Waals surface area (Å²) in [6.45, 7) is 3.81. The van der Waals surface area contributed by atoms with Crippen LogP contribution in [0, 0.1) is 6.92 Å². The number of nitrogens with zero attached hydrogens (tertiary/aromatic N) is 3. The van der Waals surface area contributed by atoms with Gasteiger partial charge in [-0.3, -0.25) is 9.59 Å². The van der Waals surface area contributed by atoms with Crippen LogP contribution in [0.2, 0.25) is 0 Å². The van der Waals surface area contributed by atoms with Crippen molar-refractivity contribution in [3.05, 3.63) is 53.4 Å². The number of amides is 2. The van der Waals surface area contributed by atoms with Gasteiger partial charge in [0.1, 0.15) is 0 Å². The van der Waals surface area contributed by atoms with Gasteiger partial charge in [0, 0.05) is 37.8 Å². The largest absolute Gasteiger partial charge is 0.351 e. The quantitative estimate of drug-likeness (QED) is 0.844. The molecule has 0 N–H and O–H groups in total. The normalized spacial score (nSPS) is 15.0. The molecule has 1 fully saturated rings. The van der Waals surface area contributed by atoms with E-state index in [2.05, 4.69) is 5.16 Å². The summed E-state index contributed by atoms with van der Waals surface area (Å²) in [5.74, 6) is 0.0796. The molecule has 0 unspecified atom stereocenters. The van der Waals surface area contributed by atoms with E-state index in [4.69, 9.17) is 4.52 Å². The lowest BCUT2D eigenvalue weighted by atomic mass is 10.2. The summed E-state index contributed by atoms with van der Waals surface area (Å²) < 4.78 is 5.00. The van der Waals surface area contributed by atoms with Crippen molar-refractivity contribution in [2.45, 2.75) is 6.92 Å². The van der Waals surface area contributed by atoms with Crippen LogP contribution in [0.3, 0.4) is 0 Å². The minimum absolute atomic E-state index is 0.00297. The monoisotopic (exact) mass is 299 g/mol. The van der Waals surface area contributed by atoms with Gasteiger partial charge in [-0.1, -0.05) is 23.4 Å². The van der Waals surface area contributed by atoms with Crippen LogP contribution in [0.4, 0.5) is 0 Å². The average Bonchev–Trinajstić information content (AvgIpc) is 3.01. The van der Waals surface area contributed by atoms with E-state index in [0.29, 0.717) is 37.4 Å². The first-order valence-electron chi connectivity index (χ1n) is 7.22. The fraction of sp³-hybridized carbons (Fsp3) is 0.312. The van der Waals surface area contributed by atoms with Gasteiger partial charge in [0.05, 0.1) is 5.69 Å². The number of piperazine rings is 1. The summed E-state index contributed by atoms with van der Waals surface area (Å²) in [6, 6.07) is 10.8. The van der Waals surface area contributed by atoms with Gasteiger partial charge in [-0.15, -0.1) is 0 Å². The molecule has 6 nitrogen and oxygen atoms in total. The number of hydrogen-bond donors (Lipinski definition) is 0. The predicted molar refractivity (Wildman–Crippen MR) is 79.5 cm³/mol. The van der Waals surface area contributed by atoms with Gasteiger partial charge >= 0.3 is 0 Å². The first-order valence-corrected chi connectivity index (χ1v) is 7.22. The molecule has 6 heteroatoms. The van der Waals surface area contributed by atoms with Crippen LogP contribution >= 0.6 is 0 Å². The van der Waals surface area contributed by atoms with Crippen molar-refractivity contribution in [2.75, 3.05) is 26.2 Å². The highest BCUT2D eigenvalue weighted by Gasteiger charge is 2.27. The van der Waals surface area contributed by atoms with E-state index < -0.39 is 0 Å². The Hall–Kier alpha value is -2.63. The predicted octanol–water partition coefficient (Wildman–Crippen LogP) is 1.58. The molecule has 0 spiro atoms. The van der Waals surface area contributed by atoms with E-state index in [1.165, 1.54) is 0 Å². The van der Waals surface area contributed by atoms with Crippen molar-refractivity contribution >= 4 is 11.8 Å². The summed E-state index contributed by atoms with van der Waals surface area (Å²) in [6.07, 6.45) is 0. The lowest BCUT2D eigenvalue weighted by Crippen LogP contribution is -2.50. The maximum atomic E-state index is 12.3. The van der Waals surface area contributed by atoms with E-state index in [1.54, 1.807) is 34.9 Å². The Morgan fingerprint density at radius 1 is 1.00 bits per heavy atom. The molecule has 114 valence electrons. The number of benzene rings is 1. The maximum Gasteiger partial charge on any atom is 0.292 e. The van der Waals surface area contributed by atoms with Crippen LogP contribution < -0.4 is 0 Å². The molecule has 0 aliphatic carbocycles. The molecule has 2 amide bonds. The Balaban J connectivity index is 1.61. The average molecular weight is 299 g/mol. The third-order valence-corrected chi connectivity index (χ3v) is 3.71. The Labute approximate surface area is 128 Å². The summed E-state index contributed by atoms with van der Waals surface area (Å²) in [5, 5.41) is 3.73. The van der Waals surface area contributed by atoms with Crippen molar-refractivity contribution in [1.29, 1.82) is 0 Å². The fourth-order valence-corrected chi connectivity index (χ4v) is 2.50. The second-order valence-electron chi connectivity index (χ2n) is 5.28. The van der Waals surface area contributed by atoms with Crippen LogP contribution in [0.25, 0.3) is 0 Å². The zero-order valence-electron chi connectivity index (χ0n) is 12.4. The highest BCUT2D eigenvalue weighted by Crippen LogP contribution is 2.12. The van der Waals surface area contributed by atoms with E-state index in [9.17, 15) is 9.59 Å². The van der Waals surface area contributed by atoms with Gasteiger partial charge in [0.25, 0.3) is 11.8 Å². The highest BCUT2D eigenvalue weighted by atomic mass is 16.5. The molecule has 0 atom stereocenters. The molecule has 0 bridgehead atoms. The lowest BCUT2D eigenvalue weighted by molar-refractivity contribution is 0.0512. The van der Waals surface area contributed by atoms with Crippen molar-refractivity contribution < 1.29 is 14.1 Å². The van der Waals surface area contributed by atoms with Gasteiger partial charge in [-0.05, 0) is 19.1 Å². The first-order chi connectivity index (χ1) is 10.6. The molecule has 1 aromatic carbocycles. The van der Waals surface area contributed by atoms with Gasteiger partial charge < -0.3 is 14.3 Å². The molecular weight excluding hydrogens is 282 g/mol. The van der Waals surface area contributed by atoms with Crippen molar-refractivity contribution in [1.82, 2.24) is 15.0 Å². The summed E-state index contributed by atoms with van der Waals surface area (Å²) in [7, 11) is 0. The number of carbonyl (C=O) groups excluding carboxylic acids is 2. The van der Waals surface area contributed by atoms with Gasteiger partial charge in [0.2, 0.25) is 5.76 Å². The summed E-state index contributed by atoms with van der Waals surface area (Å²) >= 11 is 0. The molecule has 1 saturated heterocycles. The number of aromatic nitrogens is 1. The van der Waals surface area contributed by atoms with Crippen molar-refractivity contribution in [2.24, 2.45) is 0 Å². The second kappa shape index (κ2) is 6.01. The van der Waals surface area contributed by atoms with Crippen LogP contribution in [0.15, 0.2) is 40.9 Å². The molecule has 1 aliphatic heterocycles. The van der Waals surface area contributed by atoms with Crippen LogP contribution in [0.1, 0.15) is 26.6 Å². The van der Waals surface area contributed by atoms with E-state index in [0.717, 1.165) is 0 Å². The molecule has 1 aromatic heterocycles. The van der Waals surface area contributed by atoms with Gasteiger partial charge in [0.15, 0.2) is 0 Å². The standard InChI is InChI=1S/C16H17N3O3/c1-12-11-14(22-17-12)16(21)19-9-7-18(8-10-19)15(20)13-5-3-2-4-6-13/h2-6,11H,7-10H2,1H3. The zero-order chi connectivity index (χ0) is 15.5. The molecule has 22 heavy (non-hydrogen) atoms. The fourth-order valence-electron chi connectivity index (χ4n) is 2.50. The molecular formula is C16H17N3O3. The topological polar surface area (TPSA) is 66.7 Å². The third kappa shape index (κ3) is 2.86. The van der Waals surface area contributed by atoms with Gasteiger partial charge in [-0.25, -0.2) is 0 Å². The molecule has 3 rings (SSSR count). The third-order valence-electron chi connectivity index (χ3n) is 3.71. The Morgan fingerprint density at radius 3 is 2.14 bits per heavy atom. The number of rotatable bonds is 2. The molecule has 0 radical (unpaired) electrons. The Morgan fingerprint density at radius 2 is 1.59 bits per heavy atom. The Bertz CT molecular complexity index is 673. The van der Waals surface area contributed by atoms with Crippen molar-refractivity contribution in [3.63, 3.8) is 0 Å². The zero-order valence-corrected chi connectivity index (χ0v) is 12.4. The lowest BCUT2D eigenvalue weighted by Gasteiger charge is -2.34. The number of aryl methyl sites for hydroxylation is 1. The number of hydrogen-bond acceptors (Lipinski definition) is 4. The first kappa shape index (κ1) is 14.3. The van der Waals surface area contributed by atoms with Crippen LogP contribution in [-0.2, 0) is 0 Å². The molecule has 1 aliphatic rings. The van der Waals surface area contributed by atoms with E-state index >= 15 is 0 Å². The SMILES string of the molecule is Cc1cc(C(=O)N2CCN(C(=O)c3ccccc3)CC2)on1. The van der Waals surface area contributed by atoms with Crippen LogP contribution in [-0.4, -0.2) is 52.9 Å². The minimum Gasteiger partial charge on any atom is -0.351 e. The molecule has 0 saturated carbocycles. The van der Waals surface area contributed by atoms with E-state index in [-0.39, 0.29) is 17.6 Å². The smallest absolute Gasteiger partial charge is 0.292 e. The summed E-state index contributed by atoms with van der Waals surface area (Å²) in [4.78, 5) is 28.0. The van der Waals surface area contributed by atoms with Gasteiger partial charge in [-0.2, -0.15) is 0 Å². The van der Waals surface area contributed by atoms with Crippen LogP contribution in [0.5, 0.6) is 0 Å². The van der Waals surface area contributed by atoms with E-state index in [1.807, 2.05) is 18.2 Å². The second-order valence-corrected chi connectivity index (χ2v) is 5.28. The van der Waals surface area contributed by atoms with Crippen molar-refractivity contribution in [3.8, 4) is 0 Å². The Kier molecular flexibility index (Phi) is 3.91. The highest BCUT2D eigenvalue weighted by molar-refractivity contribution is 5.95. The summed E-state index contributed by atoms with van der Waals surface area (Å²) in [5.41, 5.74) is 1.36. The molecule has 2 heterocycles. The maximum absolute atomic E-state index is 12.3. The molecule has 2 aromatic rings. The number of carbonyl (C=O) groups is 2.